The number of nitrogens with one attached hydrogen (secondary N) is 1. The van der Waals surface area contributed by atoms with Crippen LogP contribution in [0.5, 0.6) is 23.0 Å². The molecule has 0 aliphatic carbocycles. The van der Waals surface area contributed by atoms with Gasteiger partial charge in [0, 0.05) is 12.1 Å². The van der Waals surface area contributed by atoms with E-state index in [9.17, 15) is 13.2 Å². The molecule has 3 aromatic carbocycles. The predicted octanol–water partition coefficient (Wildman–Crippen LogP) is 5.33. The van der Waals surface area contributed by atoms with Gasteiger partial charge in [-0.05, 0) is 61.0 Å². The summed E-state index contributed by atoms with van der Waals surface area (Å²) in [6.45, 7) is 1.82. The molecule has 0 heterocycles. The third kappa shape index (κ3) is 6.80. The molecule has 0 aromatic heterocycles. The molecule has 0 spiro atoms. The lowest BCUT2D eigenvalue weighted by Gasteiger charge is -2.20. The molecular weight excluding hydrogens is 492 g/mol. The first kappa shape index (κ1) is 26.2. The first-order chi connectivity index (χ1) is 16.6. The zero-order chi connectivity index (χ0) is 25.6. The van der Waals surface area contributed by atoms with Crippen molar-refractivity contribution in [3.8, 4) is 23.0 Å². The summed E-state index contributed by atoms with van der Waals surface area (Å²) in [6.07, 6.45) is 0.697. The molecule has 35 heavy (non-hydrogen) atoms. The topological polar surface area (TPSA) is 94.2 Å². The van der Waals surface area contributed by atoms with Gasteiger partial charge in [-0.2, -0.15) is 0 Å². The van der Waals surface area contributed by atoms with Crippen molar-refractivity contribution in [2.75, 3.05) is 30.0 Å². The summed E-state index contributed by atoms with van der Waals surface area (Å²) < 4.78 is 41.8. The van der Waals surface area contributed by atoms with Gasteiger partial charge >= 0.3 is 0 Å². The van der Waals surface area contributed by atoms with Crippen LogP contribution in [-0.4, -0.2) is 40.8 Å². The lowest BCUT2D eigenvalue weighted by molar-refractivity contribution is -0.122. The minimum absolute atomic E-state index is 0.376. The van der Waals surface area contributed by atoms with E-state index in [1.165, 1.54) is 7.05 Å². The quantitative estimate of drug-likeness (QED) is 0.389. The molecule has 1 N–H and O–H groups in total. The highest BCUT2D eigenvalue weighted by Crippen LogP contribution is 2.36. The number of carbonyl (C=O) groups excluding carboxylic acids is 1. The Kier molecular flexibility index (Phi) is 8.48. The number of nitrogens with zero attached hydrogens (tertiary/aromatic N) is 1. The van der Waals surface area contributed by atoms with Gasteiger partial charge in [0.05, 0.1) is 24.7 Å². The van der Waals surface area contributed by atoms with Crippen LogP contribution in [0.4, 0.5) is 11.4 Å². The number of halogens is 1. The van der Waals surface area contributed by atoms with Crippen LogP contribution in [0.2, 0.25) is 5.02 Å². The smallest absolute Gasteiger partial charge is 0.265 e. The molecule has 0 fully saturated rings. The lowest BCUT2D eigenvalue weighted by atomic mass is 10.2. The molecule has 3 rings (SSSR count). The van der Waals surface area contributed by atoms with Gasteiger partial charge in [0.1, 0.15) is 5.75 Å². The van der Waals surface area contributed by atoms with Crippen molar-refractivity contribution in [1.29, 1.82) is 0 Å². The summed E-state index contributed by atoms with van der Waals surface area (Å²) in [5.41, 5.74) is 0.856. The molecule has 8 nitrogen and oxygen atoms in total. The molecular formula is C25H27ClN2O6S. The van der Waals surface area contributed by atoms with E-state index in [0.717, 1.165) is 10.6 Å². The molecule has 0 bridgehead atoms. The summed E-state index contributed by atoms with van der Waals surface area (Å²) in [6, 6.07) is 18.5. The number of hydrogen-bond donors (Lipinski definition) is 1. The Hall–Kier alpha value is -3.43. The maximum Gasteiger partial charge on any atom is 0.265 e. The standard InChI is InChI=1S/C25H27ClN2O6S/c1-5-21(33-19-13-11-18(12-14-19)28(2)35(4,30)31)25(29)27-20-16-17(26)10-15-22(20)34-24-9-7-6-8-23(24)32-3/h6-16,21H,5H2,1-4H3,(H,27,29)/t21-/m1/s1. The molecule has 1 atom stereocenters. The Bertz CT molecular complexity index is 1280. The SMILES string of the molecule is CC[C@@H](Oc1ccc(N(C)S(C)(=O)=O)cc1)C(=O)Nc1cc(Cl)ccc1Oc1ccccc1OC. The largest absolute Gasteiger partial charge is 0.493 e. The maximum atomic E-state index is 13.0. The highest BCUT2D eigenvalue weighted by atomic mass is 35.5. The number of sulfonamides is 1. The van der Waals surface area contributed by atoms with E-state index in [1.54, 1.807) is 61.7 Å². The third-order valence-corrected chi connectivity index (χ3v) is 6.57. The second-order valence-electron chi connectivity index (χ2n) is 7.62. The number of amides is 1. The molecule has 0 unspecified atom stereocenters. The van der Waals surface area contributed by atoms with Gasteiger partial charge in [0.2, 0.25) is 10.0 Å². The fourth-order valence-corrected chi connectivity index (χ4v) is 3.81. The predicted molar refractivity (Wildman–Crippen MR) is 138 cm³/mol. The number of anilines is 2. The van der Waals surface area contributed by atoms with Crippen LogP contribution in [0.25, 0.3) is 0 Å². The van der Waals surface area contributed by atoms with E-state index in [1.807, 2.05) is 19.1 Å². The van der Waals surface area contributed by atoms with Gasteiger partial charge in [0.25, 0.3) is 5.91 Å². The number of methoxy groups -OCH3 is 1. The average Bonchev–Trinajstić information content (AvgIpc) is 2.83. The molecule has 1 amide bonds. The van der Waals surface area contributed by atoms with Crippen LogP contribution in [0.15, 0.2) is 66.7 Å². The molecule has 0 saturated heterocycles. The van der Waals surface area contributed by atoms with Crippen LogP contribution >= 0.6 is 11.6 Å². The average molecular weight is 519 g/mol. The highest BCUT2D eigenvalue weighted by molar-refractivity contribution is 7.92. The Morgan fingerprint density at radius 3 is 2.29 bits per heavy atom. The van der Waals surface area contributed by atoms with Crippen molar-refractivity contribution in [3.05, 3.63) is 71.8 Å². The summed E-state index contributed by atoms with van der Waals surface area (Å²) >= 11 is 6.17. The van der Waals surface area contributed by atoms with Gasteiger partial charge in [-0.3, -0.25) is 9.10 Å². The second-order valence-corrected chi connectivity index (χ2v) is 10.1. The van der Waals surface area contributed by atoms with Crippen molar-refractivity contribution in [2.45, 2.75) is 19.4 Å². The van der Waals surface area contributed by atoms with Crippen molar-refractivity contribution in [2.24, 2.45) is 0 Å². The van der Waals surface area contributed by atoms with Crippen LogP contribution in [-0.2, 0) is 14.8 Å². The Morgan fingerprint density at radius 1 is 1.03 bits per heavy atom. The minimum Gasteiger partial charge on any atom is -0.493 e. The van der Waals surface area contributed by atoms with E-state index < -0.39 is 22.0 Å². The highest BCUT2D eigenvalue weighted by Gasteiger charge is 2.21. The van der Waals surface area contributed by atoms with Crippen LogP contribution in [0.3, 0.4) is 0 Å². The maximum absolute atomic E-state index is 13.0. The van der Waals surface area contributed by atoms with E-state index >= 15 is 0 Å². The fraction of sp³-hybridized carbons (Fsp3) is 0.240. The molecule has 0 aliphatic rings. The Labute approximate surface area is 210 Å². The first-order valence-corrected chi connectivity index (χ1v) is 13.0. The van der Waals surface area contributed by atoms with Gasteiger partial charge in [-0.15, -0.1) is 0 Å². The number of benzene rings is 3. The summed E-state index contributed by atoms with van der Waals surface area (Å²) in [5, 5.41) is 3.25. The molecule has 3 aromatic rings. The summed E-state index contributed by atoms with van der Waals surface area (Å²) in [7, 11) is -0.377. The van der Waals surface area contributed by atoms with Crippen LogP contribution in [0.1, 0.15) is 13.3 Å². The fourth-order valence-electron chi connectivity index (χ4n) is 3.14. The number of ether oxygens (including phenoxy) is 3. The van der Waals surface area contributed by atoms with E-state index in [-0.39, 0.29) is 0 Å². The van der Waals surface area contributed by atoms with Gasteiger partial charge in [-0.25, -0.2) is 8.42 Å². The van der Waals surface area contributed by atoms with Crippen molar-refractivity contribution in [3.63, 3.8) is 0 Å². The Morgan fingerprint density at radius 2 is 1.69 bits per heavy atom. The van der Waals surface area contributed by atoms with E-state index in [4.69, 9.17) is 25.8 Å². The van der Waals surface area contributed by atoms with Crippen LogP contribution in [0, 0.1) is 0 Å². The van der Waals surface area contributed by atoms with Gasteiger partial charge in [0.15, 0.2) is 23.4 Å². The molecule has 186 valence electrons. The van der Waals surface area contributed by atoms with Gasteiger partial charge < -0.3 is 19.5 Å². The second kappa shape index (κ2) is 11.3. The van der Waals surface area contributed by atoms with Crippen molar-refractivity contribution in [1.82, 2.24) is 0 Å². The Balaban J connectivity index is 1.76. The van der Waals surface area contributed by atoms with Crippen LogP contribution < -0.4 is 23.8 Å². The number of carbonyl (C=O) groups is 1. The monoisotopic (exact) mass is 518 g/mol. The molecule has 10 heteroatoms. The lowest BCUT2D eigenvalue weighted by Crippen LogP contribution is -2.32. The van der Waals surface area contributed by atoms with E-state index in [2.05, 4.69) is 5.32 Å². The van der Waals surface area contributed by atoms with Gasteiger partial charge in [-0.1, -0.05) is 30.7 Å². The normalized spacial score (nSPS) is 11.9. The number of rotatable bonds is 10. The zero-order valence-corrected chi connectivity index (χ0v) is 21.4. The first-order valence-electron chi connectivity index (χ1n) is 10.7. The molecule has 0 radical (unpaired) electrons. The summed E-state index contributed by atoms with van der Waals surface area (Å²) in [4.78, 5) is 13.0. The zero-order valence-electron chi connectivity index (χ0n) is 19.8. The summed E-state index contributed by atoms with van der Waals surface area (Å²) in [5.74, 6) is 1.44. The molecule has 0 aliphatic heterocycles. The van der Waals surface area contributed by atoms with Crippen molar-refractivity contribution >= 4 is 38.9 Å². The van der Waals surface area contributed by atoms with Crippen molar-refractivity contribution < 1.29 is 27.4 Å². The number of hydrogen-bond acceptors (Lipinski definition) is 6. The minimum atomic E-state index is -3.38. The third-order valence-electron chi connectivity index (χ3n) is 5.13. The molecule has 0 saturated carbocycles. The van der Waals surface area contributed by atoms with E-state index in [0.29, 0.717) is 45.8 Å². The number of para-hydroxylation sites is 2.